The van der Waals surface area contributed by atoms with Crippen LogP contribution in [0.3, 0.4) is 0 Å². The number of fused-ring (bicyclic) bond motifs is 3. The van der Waals surface area contributed by atoms with Crippen LogP contribution < -0.4 is 14.8 Å². The number of aliphatic hydroxyl groups is 1. The number of ether oxygens (including phenoxy) is 2. The van der Waals surface area contributed by atoms with Crippen LogP contribution in [-0.4, -0.2) is 44.4 Å². The van der Waals surface area contributed by atoms with Crippen LogP contribution in [0.4, 0.5) is 18.9 Å². The van der Waals surface area contributed by atoms with Crippen molar-refractivity contribution >= 4 is 21.6 Å². The van der Waals surface area contributed by atoms with Crippen LogP contribution in [0.2, 0.25) is 0 Å². The van der Waals surface area contributed by atoms with Crippen LogP contribution in [0.15, 0.2) is 65.6 Å². The van der Waals surface area contributed by atoms with Gasteiger partial charge in [0.05, 0.1) is 24.0 Å². The molecule has 39 heavy (non-hydrogen) atoms. The molecule has 5 rings (SSSR count). The Kier molecular flexibility index (Phi) is 7.52. The van der Waals surface area contributed by atoms with Gasteiger partial charge in [0.15, 0.2) is 0 Å². The van der Waals surface area contributed by atoms with Crippen LogP contribution in [0.1, 0.15) is 29.9 Å². The van der Waals surface area contributed by atoms with E-state index in [9.17, 15) is 31.5 Å². The van der Waals surface area contributed by atoms with Gasteiger partial charge in [0.2, 0.25) is 5.91 Å². The third-order valence-electron chi connectivity index (χ3n) is 6.77. The number of aliphatic hydroxyl groups excluding tert-OH is 1. The van der Waals surface area contributed by atoms with Crippen molar-refractivity contribution in [3.05, 3.63) is 89.2 Å². The van der Waals surface area contributed by atoms with Crippen molar-refractivity contribution in [2.75, 3.05) is 11.3 Å². The van der Waals surface area contributed by atoms with Crippen LogP contribution in [0, 0.1) is 17.5 Å². The number of amides is 1. The van der Waals surface area contributed by atoms with Gasteiger partial charge in [-0.25, -0.2) is 21.6 Å². The first-order valence-corrected chi connectivity index (χ1v) is 13.7. The highest BCUT2D eigenvalue weighted by molar-refractivity contribution is 7.92. The van der Waals surface area contributed by atoms with Gasteiger partial charge in [-0.05, 0) is 67.1 Å². The first-order valence-electron chi connectivity index (χ1n) is 12.2. The van der Waals surface area contributed by atoms with Crippen LogP contribution in [0.5, 0.6) is 5.75 Å². The fraction of sp³-hybridized carbons (Fsp3) is 0.296. The number of hydrogen-bond acceptors (Lipinski definition) is 6. The number of halogens is 3. The van der Waals surface area contributed by atoms with Crippen molar-refractivity contribution in [2.45, 2.75) is 48.5 Å². The number of anilines is 1. The number of rotatable bonds is 8. The Labute approximate surface area is 222 Å². The second-order valence-electron chi connectivity index (χ2n) is 9.43. The molecule has 0 aromatic heterocycles. The summed E-state index contributed by atoms with van der Waals surface area (Å²) in [6.07, 6.45) is -1.66. The summed E-state index contributed by atoms with van der Waals surface area (Å²) in [6, 6.07) is 12.2. The molecule has 2 heterocycles. The van der Waals surface area contributed by atoms with Gasteiger partial charge in [0, 0.05) is 29.3 Å². The standard InChI is InChI=1S/C27H25F3N2O6S/c28-16-1-5-20(6-2-16)39(35,36)32-18-4-8-24-21(10-18)22-11-19(37-25(14-33)27(22)38-24)12-26(34)31-13-15-9-17(29)3-7-23(15)30/h1-10,19,22,25,27,32-33H,11-14H2,(H,31,34)/t19-,22-,25+,27+/m1/s1. The minimum Gasteiger partial charge on any atom is -0.487 e. The Morgan fingerprint density at radius 3 is 2.49 bits per heavy atom. The predicted molar refractivity (Wildman–Crippen MR) is 134 cm³/mol. The van der Waals surface area contributed by atoms with Gasteiger partial charge >= 0.3 is 0 Å². The molecule has 8 nitrogen and oxygen atoms in total. The van der Waals surface area contributed by atoms with Crippen LogP contribution in [-0.2, 0) is 26.1 Å². The molecular formula is C27H25F3N2O6S. The van der Waals surface area contributed by atoms with E-state index in [-0.39, 0.29) is 41.6 Å². The smallest absolute Gasteiger partial charge is 0.261 e. The highest BCUT2D eigenvalue weighted by Gasteiger charge is 2.46. The van der Waals surface area contributed by atoms with E-state index in [1.165, 1.54) is 6.07 Å². The normalized spacial score (nSPS) is 21.9. The van der Waals surface area contributed by atoms with E-state index in [1.54, 1.807) is 12.1 Å². The number of carbonyl (C=O) groups excluding carboxylic acids is 1. The van der Waals surface area contributed by atoms with Gasteiger partial charge in [-0.15, -0.1) is 0 Å². The summed E-state index contributed by atoms with van der Waals surface area (Å²) in [5.74, 6) is -2.06. The zero-order valence-corrected chi connectivity index (χ0v) is 21.3. The van der Waals surface area contributed by atoms with Crippen LogP contribution in [0.25, 0.3) is 0 Å². The maximum absolute atomic E-state index is 13.9. The number of carbonyl (C=O) groups is 1. The highest BCUT2D eigenvalue weighted by Crippen LogP contribution is 2.47. The average Bonchev–Trinajstić information content (AvgIpc) is 3.26. The van der Waals surface area contributed by atoms with Crippen molar-refractivity contribution in [1.29, 1.82) is 0 Å². The Morgan fingerprint density at radius 2 is 1.74 bits per heavy atom. The predicted octanol–water partition coefficient (Wildman–Crippen LogP) is 3.61. The molecule has 0 aliphatic carbocycles. The Morgan fingerprint density at radius 1 is 1.00 bits per heavy atom. The second kappa shape index (κ2) is 10.9. The van der Waals surface area contributed by atoms with Crippen LogP contribution >= 0.6 is 0 Å². The largest absolute Gasteiger partial charge is 0.487 e. The topological polar surface area (TPSA) is 114 Å². The molecule has 0 spiro atoms. The molecule has 0 radical (unpaired) electrons. The first-order chi connectivity index (χ1) is 18.6. The van der Waals surface area contributed by atoms with E-state index < -0.39 is 51.7 Å². The molecule has 12 heteroatoms. The molecule has 0 bridgehead atoms. The molecule has 1 amide bonds. The summed E-state index contributed by atoms with van der Waals surface area (Å²) in [6.45, 7) is -0.569. The maximum Gasteiger partial charge on any atom is 0.261 e. The zero-order chi connectivity index (χ0) is 27.7. The minimum absolute atomic E-state index is 0.00921. The van der Waals surface area contributed by atoms with E-state index in [2.05, 4.69) is 10.0 Å². The fourth-order valence-corrected chi connectivity index (χ4v) is 5.98. The summed E-state index contributed by atoms with van der Waals surface area (Å²) in [4.78, 5) is 12.5. The van der Waals surface area contributed by atoms with Crippen molar-refractivity contribution < 1.29 is 41.0 Å². The third kappa shape index (κ3) is 5.87. The fourth-order valence-electron chi connectivity index (χ4n) is 4.93. The molecule has 4 atom stereocenters. The van der Waals surface area contributed by atoms with Crippen molar-refractivity contribution in [2.24, 2.45) is 0 Å². The minimum atomic E-state index is -3.98. The lowest BCUT2D eigenvalue weighted by Gasteiger charge is -2.37. The molecule has 1 fully saturated rings. The molecule has 206 valence electrons. The summed E-state index contributed by atoms with van der Waals surface area (Å²) < 4.78 is 80.4. The Balaban J connectivity index is 1.28. The molecule has 3 aromatic rings. The number of benzene rings is 3. The molecule has 3 N–H and O–H groups in total. The lowest BCUT2D eigenvalue weighted by atomic mass is 9.84. The Bertz CT molecular complexity index is 1490. The van der Waals surface area contributed by atoms with Crippen molar-refractivity contribution in [3.8, 4) is 5.75 Å². The molecule has 2 aliphatic rings. The van der Waals surface area contributed by atoms with E-state index in [0.29, 0.717) is 17.7 Å². The van der Waals surface area contributed by atoms with Gasteiger partial charge < -0.3 is 19.9 Å². The average molecular weight is 563 g/mol. The van der Waals surface area contributed by atoms with Gasteiger partial charge in [0.1, 0.15) is 35.4 Å². The summed E-state index contributed by atoms with van der Waals surface area (Å²) >= 11 is 0. The lowest BCUT2D eigenvalue weighted by molar-refractivity contribution is -0.142. The van der Waals surface area contributed by atoms with Gasteiger partial charge in [-0.1, -0.05) is 0 Å². The quantitative estimate of drug-likeness (QED) is 0.387. The molecule has 0 unspecified atom stereocenters. The molecule has 1 saturated heterocycles. The zero-order valence-electron chi connectivity index (χ0n) is 20.4. The molecular weight excluding hydrogens is 537 g/mol. The van der Waals surface area contributed by atoms with E-state index in [4.69, 9.17) is 9.47 Å². The van der Waals surface area contributed by atoms with Crippen molar-refractivity contribution in [1.82, 2.24) is 5.32 Å². The maximum atomic E-state index is 13.9. The summed E-state index contributed by atoms with van der Waals surface area (Å²) in [5.41, 5.74) is 0.962. The van der Waals surface area contributed by atoms with Gasteiger partial charge in [0.25, 0.3) is 10.0 Å². The Hall–Kier alpha value is -3.61. The monoisotopic (exact) mass is 562 g/mol. The number of sulfonamides is 1. The molecule has 3 aromatic carbocycles. The molecule has 2 aliphatic heterocycles. The van der Waals surface area contributed by atoms with E-state index in [0.717, 1.165) is 42.5 Å². The summed E-state index contributed by atoms with van der Waals surface area (Å²) in [7, 11) is -3.98. The summed E-state index contributed by atoms with van der Waals surface area (Å²) in [5, 5.41) is 12.5. The second-order valence-corrected chi connectivity index (χ2v) is 11.1. The van der Waals surface area contributed by atoms with Gasteiger partial charge in [-0.2, -0.15) is 0 Å². The number of nitrogens with one attached hydrogen (secondary N) is 2. The van der Waals surface area contributed by atoms with E-state index >= 15 is 0 Å². The first kappa shape index (κ1) is 27.0. The van der Waals surface area contributed by atoms with Crippen molar-refractivity contribution in [3.63, 3.8) is 0 Å². The SMILES string of the molecule is O=C(C[C@H]1C[C@@H]2c3cc(NS(=O)(=O)c4ccc(F)cc4)ccc3O[C@@H]2[C@H](CO)O1)NCc1cc(F)ccc1F. The van der Waals surface area contributed by atoms with E-state index in [1.807, 2.05) is 0 Å². The van der Waals surface area contributed by atoms with Gasteiger partial charge in [-0.3, -0.25) is 9.52 Å². The lowest BCUT2D eigenvalue weighted by Crippen LogP contribution is -2.47. The highest BCUT2D eigenvalue weighted by atomic mass is 32.2. The number of hydrogen-bond donors (Lipinski definition) is 3. The third-order valence-corrected chi connectivity index (χ3v) is 8.17. The molecule has 0 saturated carbocycles.